The first-order chi connectivity index (χ1) is 11.8. The van der Waals surface area contributed by atoms with Crippen LogP contribution >= 0.6 is 0 Å². The van der Waals surface area contributed by atoms with Crippen LogP contribution in [0.3, 0.4) is 0 Å². The second kappa shape index (κ2) is 7.10. The van der Waals surface area contributed by atoms with E-state index in [0.717, 1.165) is 18.5 Å². The van der Waals surface area contributed by atoms with Crippen molar-refractivity contribution in [2.24, 2.45) is 5.92 Å². The SMILES string of the molecule is Cc1ccccc1CC[C@H]1CCCN(Cc2cncn2C2CC2)C1. The molecule has 3 heteroatoms. The molecule has 0 radical (unpaired) electrons. The fourth-order valence-electron chi connectivity index (χ4n) is 4.15. The van der Waals surface area contributed by atoms with Gasteiger partial charge in [-0.15, -0.1) is 0 Å². The van der Waals surface area contributed by atoms with E-state index in [2.05, 4.69) is 51.8 Å². The highest BCUT2D eigenvalue weighted by Gasteiger charge is 2.27. The van der Waals surface area contributed by atoms with Gasteiger partial charge in [-0.3, -0.25) is 4.90 Å². The van der Waals surface area contributed by atoms with Gasteiger partial charge in [-0.2, -0.15) is 0 Å². The lowest BCUT2D eigenvalue weighted by Crippen LogP contribution is -2.35. The van der Waals surface area contributed by atoms with Crippen LogP contribution in [0.5, 0.6) is 0 Å². The maximum atomic E-state index is 4.39. The largest absolute Gasteiger partial charge is 0.330 e. The van der Waals surface area contributed by atoms with Crippen LogP contribution in [0.25, 0.3) is 0 Å². The Kier molecular flexibility index (Phi) is 4.70. The summed E-state index contributed by atoms with van der Waals surface area (Å²) in [5.74, 6) is 0.843. The zero-order valence-electron chi connectivity index (χ0n) is 14.8. The lowest BCUT2D eigenvalue weighted by molar-refractivity contribution is 0.158. The molecule has 2 heterocycles. The van der Waals surface area contributed by atoms with E-state index in [1.54, 1.807) is 0 Å². The van der Waals surface area contributed by atoms with Gasteiger partial charge >= 0.3 is 0 Å². The molecule has 0 amide bonds. The van der Waals surface area contributed by atoms with Crippen LogP contribution in [0.1, 0.15) is 55.0 Å². The Morgan fingerprint density at radius 1 is 1.17 bits per heavy atom. The maximum absolute atomic E-state index is 4.39. The van der Waals surface area contributed by atoms with Crippen molar-refractivity contribution in [3.8, 4) is 0 Å². The molecule has 4 rings (SSSR count). The highest BCUT2D eigenvalue weighted by Crippen LogP contribution is 2.36. The highest BCUT2D eigenvalue weighted by atomic mass is 15.2. The predicted molar refractivity (Wildman–Crippen MR) is 98.0 cm³/mol. The summed E-state index contributed by atoms with van der Waals surface area (Å²) >= 11 is 0. The van der Waals surface area contributed by atoms with Crippen LogP contribution in [0.15, 0.2) is 36.8 Å². The maximum Gasteiger partial charge on any atom is 0.0951 e. The van der Waals surface area contributed by atoms with Gasteiger partial charge in [0.1, 0.15) is 0 Å². The highest BCUT2D eigenvalue weighted by molar-refractivity contribution is 5.25. The quantitative estimate of drug-likeness (QED) is 0.787. The molecule has 1 aromatic carbocycles. The smallest absolute Gasteiger partial charge is 0.0951 e. The van der Waals surface area contributed by atoms with E-state index >= 15 is 0 Å². The second-order valence-corrected chi connectivity index (χ2v) is 7.73. The van der Waals surface area contributed by atoms with Crippen molar-refractivity contribution in [1.29, 1.82) is 0 Å². The number of nitrogens with zero attached hydrogens (tertiary/aromatic N) is 3. The average Bonchev–Trinajstić information content (AvgIpc) is 3.34. The van der Waals surface area contributed by atoms with E-state index in [1.807, 2.05) is 6.33 Å². The van der Waals surface area contributed by atoms with Crippen LogP contribution < -0.4 is 0 Å². The van der Waals surface area contributed by atoms with E-state index in [1.165, 1.54) is 68.4 Å². The molecular formula is C21H29N3. The molecule has 1 saturated heterocycles. The van der Waals surface area contributed by atoms with Crippen molar-refractivity contribution >= 4 is 0 Å². The number of rotatable bonds is 6. The van der Waals surface area contributed by atoms with E-state index in [9.17, 15) is 0 Å². The third kappa shape index (κ3) is 3.72. The third-order valence-electron chi connectivity index (χ3n) is 5.76. The minimum absolute atomic E-state index is 0.740. The zero-order valence-corrected chi connectivity index (χ0v) is 14.8. The number of piperidine rings is 1. The fraction of sp³-hybridized carbons (Fsp3) is 0.571. The Morgan fingerprint density at radius 3 is 2.88 bits per heavy atom. The Bertz CT molecular complexity index is 671. The summed E-state index contributed by atoms with van der Waals surface area (Å²) in [5, 5.41) is 0. The monoisotopic (exact) mass is 323 g/mol. The summed E-state index contributed by atoms with van der Waals surface area (Å²) in [6, 6.07) is 9.59. The van der Waals surface area contributed by atoms with E-state index in [0.29, 0.717) is 0 Å². The van der Waals surface area contributed by atoms with Gasteiger partial charge in [0.25, 0.3) is 0 Å². The van der Waals surface area contributed by atoms with Crippen LogP contribution in [-0.4, -0.2) is 27.5 Å². The standard InChI is InChI=1S/C21H29N3/c1-17-5-2-3-7-19(17)9-8-18-6-4-12-23(14-18)15-21-13-22-16-24(21)20-10-11-20/h2-3,5,7,13,16,18,20H,4,6,8-12,14-15H2,1H3/t18-/m1/s1. The molecule has 0 N–H and O–H groups in total. The molecule has 1 saturated carbocycles. The molecule has 3 nitrogen and oxygen atoms in total. The first-order valence-corrected chi connectivity index (χ1v) is 9.57. The van der Waals surface area contributed by atoms with Gasteiger partial charge in [-0.1, -0.05) is 24.3 Å². The molecule has 1 aliphatic carbocycles. The van der Waals surface area contributed by atoms with Gasteiger partial charge in [0.15, 0.2) is 0 Å². The molecular weight excluding hydrogens is 294 g/mol. The summed E-state index contributed by atoms with van der Waals surface area (Å²) in [4.78, 5) is 7.04. The number of imidazole rings is 1. The van der Waals surface area contributed by atoms with E-state index < -0.39 is 0 Å². The summed E-state index contributed by atoms with van der Waals surface area (Å²) in [7, 11) is 0. The molecule has 2 fully saturated rings. The fourth-order valence-corrected chi connectivity index (χ4v) is 4.15. The molecule has 2 aromatic rings. The first-order valence-electron chi connectivity index (χ1n) is 9.57. The Labute approximate surface area is 145 Å². The molecule has 0 spiro atoms. The number of likely N-dealkylation sites (tertiary alicyclic amines) is 1. The Balaban J connectivity index is 1.32. The molecule has 128 valence electrons. The molecule has 1 aromatic heterocycles. The number of benzene rings is 1. The van der Waals surface area contributed by atoms with Crippen molar-refractivity contribution in [2.75, 3.05) is 13.1 Å². The Hall–Kier alpha value is -1.61. The number of aryl methyl sites for hydroxylation is 2. The molecule has 1 atom stereocenters. The minimum Gasteiger partial charge on any atom is -0.330 e. The minimum atomic E-state index is 0.740. The van der Waals surface area contributed by atoms with E-state index in [4.69, 9.17) is 0 Å². The van der Waals surface area contributed by atoms with Gasteiger partial charge < -0.3 is 4.57 Å². The van der Waals surface area contributed by atoms with Gasteiger partial charge in [0, 0.05) is 25.3 Å². The summed E-state index contributed by atoms with van der Waals surface area (Å²) < 4.78 is 2.41. The van der Waals surface area contributed by atoms with Crippen LogP contribution in [-0.2, 0) is 13.0 Å². The number of hydrogen-bond donors (Lipinski definition) is 0. The first kappa shape index (κ1) is 15.9. The van der Waals surface area contributed by atoms with Crippen molar-refractivity contribution < 1.29 is 0 Å². The summed E-state index contributed by atoms with van der Waals surface area (Å²) in [6.45, 7) is 5.82. The molecule has 1 aliphatic heterocycles. The van der Waals surface area contributed by atoms with Gasteiger partial charge in [0.2, 0.25) is 0 Å². The molecule has 0 bridgehead atoms. The van der Waals surface area contributed by atoms with Gasteiger partial charge in [0.05, 0.1) is 12.0 Å². The summed E-state index contributed by atoms with van der Waals surface area (Å²) in [5.41, 5.74) is 4.39. The molecule has 0 unspecified atom stereocenters. The summed E-state index contributed by atoms with van der Waals surface area (Å²) in [6.07, 6.45) is 12.1. The van der Waals surface area contributed by atoms with Crippen molar-refractivity contribution in [1.82, 2.24) is 14.5 Å². The van der Waals surface area contributed by atoms with Crippen molar-refractivity contribution in [3.63, 3.8) is 0 Å². The van der Waals surface area contributed by atoms with Crippen molar-refractivity contribution in [2.45, 2.75) is 58.0 Å². The van der Waals surface area contributed by atoms with Crippen LogP contribution in [0.4, 0.5) is 0 Å². The van der Waals surface area contributed by atoms with E-state index in [-0.39, 0.29) is 0 Å². The zero-order chi connectivity index (χ0) is 16.4. The van der Waals surface area contributed by atoms with Crippen LogP contribution in [0.2, 0.25) is 0 Å². The normalized spacial score (nSPS) is 22.0. The van der Waals surface area contributed by atoms with Gasteiger partial charge in [-0.05, 0) is 69.0 Å². The Morgan fingerprint density at radius 2 is 2.04 bits per heavy atom. The second-order valence-electron chi connectivity index (χ2n) is 7.73. The molecule has 24 heavy (non-hydrogen) atoms. The number of aromatic nitrogens is 2. The lowest BCUT2D eigenvalue weighted by atomic mass is 9.90. The average molecular weight is 323 g/mol. The predicted octanol–water partition coefficient (Wildman–Crippen LogP) is 4.37. The lowest BCUT2D eigenvalue weighted by Gasteiger charge is -2.33. The van der Waals surface area contributed by atoms with Crippen molar-refractivity contribution in [3.05, 3.63) is 53.6 Å². The van der Waals surface area contributed by atoms with Crippen LogP contribution in [0, 0.1) is 12.8 Å². The molecule has 2 aliphatic rings. The third-order valence-corrected chi connectivity index (χ3v) is 5.76. The number of hydrogen-bond acceptors (Lipinski definition) is 2. The van der Waals surface area contributed by atoms with Gasteiger partial charge in [-0.25, -0.2) is 4.98 Å². The topological polar surface area (TPSA) is 21.1 Å².